The maximum Gasteiger partial charge on any atom is 0.166 e. The first kappa shape index (κ1) is 10.5. The van der Waals surface area contributed by atoms with Gasteiger partial charge in [0.1, 0.15) is 5.82 Å². The smallest absolute Gasteiger partial charge is 0.166 e. The van der Waals surface area contributed by atoms with Gasteiger partial charge in [0.25, 0.3) is 0 Å². The molecule has 0 aromatic heterocycles. The minimum absolute atomic E-state index is 0.267. The van der Waals surface area contributed by atoms with Gasteiger partial charge in [-0.25, -0.2) is 13.2 Å². The molecule has 2 nitrogen and oxygen atoms in total. The summed E-state index contributed by atoms with van der Waals surface area (Å²) < 4.78 is 38.7. The van der Waals surface area contributed by atoms with Crippen LogP contribution in [0.4, 0.5) is 13.2 Å². The third-order valence-electron chi connectivity index (χ3n) is 1.76. The standard InChI is InChI=1S/C9H7F3N2/c10-5-1-2-6(11)9(12)8(5)7(14)3-4-13/h1-2,7H,3,14H2. The van der Waals surface area contributed by atoms with Gasteiger partial charge in [0, 0.05) is 11.6 Å². The van der Waals surface area contributed by atoms with E-state index in [1.165, 1.54) is 0 Å². The maximum atomic E-state index is 13.0. The number of nitrogens with two attached hydrogens (primary N) is 1. The van der Waals surface area contributed by atoms with Crippen molar-refractivity contribution in [2.24, 2.45) is 5.73 Å². The number of hydrogen-bond donors (Lipinski definition) is 1. The van der Waals surface area contributed by atoms with Crippen molar-refractivity contribution in [3.05, 3.63) is 35.1 Å². The van der Waals surface area contributed by atoms with Crippen LogP contribution in [-0.2, 0) is 0 Å². The Hall–Kier alpha value is -1.54. The van der Waals surface area contributed by atoms with E-state index in [2.05, 4.69) is 0 Å². The first-order valence-electron chi connectivity index (χ1n) is 3.84. The lowest BCUT2D eigenvalue weighted by Crippen LogP contribution is -2.14. The highest BCUT2D eigenvalue weighted by molar-refractivity contribution is 5.24. The average molecular weight is 200 g/mol. The largest absolute Gasteiger partial charge is 0.323 e. The first-order chi connectivity index (χ1) is 6.57. The van der Waals surface area contributed by atoms with Crippen LogP contribution in [0.15, 0.2) is 12.1 Å². The second-order valence-corrected chi connectivity index (χ2v) is 2.73. The molecule has 1 unspecified atom stereocenters. The first-order valence-corrected chi connectivity index (χ1v) is 3.84. The molecule has 0 radical (unpaired) electrons. The Balaban J connectivity index is 3.19. The summed E-state index contributed by atoms with van der Waals surface area (Å²) in [6, 6.07) is 1.97. The number of nitrogens with zero attached hydrogens (tertiary/aromatic N) is 1. The number of halogens is 3. The predicted molar refractivity (Wildman–Crippen MR) is 43.5 cm³/mol. The molecule has 1 aromatic carbocycles. The Morgan fingerprint density at radius 2 is 1.86 bits per heavy atom. The Morgan fingerprint density at radius 1 is 1.29 bits per heavy atom. The second kappa shape index (κ2) is 4.11. The SMILES string of the molecule is N#CCC(N)c1c(F)ccc(F)c1F. The molecule has 0 saturated heterocycles. The number of rotatable bonds is 2. The summed E-state index contributed by atoms with van der Waals surface area (Å²) in [4.78, 5) is 0. The molecule has 0 aliphatic heterocycles. The third-order valence-corrected chi connectivity index (χ3v) is 1.76. The molecule has 0 aliphatic rings. The minimum Gasteiger partial charge on any atom is -0.323 e. The van der Waals surface area contributed by atoms with Crippen LogP contribution in [-0.4, -0.2) is 0 Å². The van der Waals surface area contributed by atoms with Gasteiger partial charge in [-0.2, -0.15) is 5.26 Å². The van der Waals surface area contributed by atoms with Crippen LogP contribution in [0.25, 0.3) is 0 Å². The van der Waals surface area contributed by atoms with Crippen molar-refractivity contribution in [3.8, 4) is 6.07 Å². The molecule has 14 heavy (non-hydrogen) atoms. The van der Waals surface area contributed by atoms with Crippen molar-refractivity contribution in [1.29, 1.82) is 5.26 Å². The summed E-state index contributed by atoms with van der Waals surface area (Å²) in [5.74, 6) is -3.44. The van der Waals surface area contributed by atoms with Crippen LogP contribution < -0.4 is 5.73 Å². The van der Waals surface area contributed by atoms with E-state index < -0.39 is 29.1 Å². The maximum absolute atomic E-state index is 13.0. The molecule has 0 spiro atoms. The molecule has 0 aliphatic carbocycles. The van der Waals surface area contributed by atoms with Gasteiger partial charge in [-0.3, -0.25) is 0 Å². The molecular formula is C9H7F3N2. The van der Waals surface area contributed by atoms with E-state index in [4.69, 9.17) is 11.0 Å². The molecule has 5 heteroatoms. The zero-order chi connectivity index (χ0) is 10.7. The Labute approximate surface area is 78.8 Å². The minimum atomic E-state index is -1.33. The van der Waals surface area contributed by atoms with Gasteiger partial charge in [0.05, 0.1) is 12.5 Å². The predicted octanol–water partition coefficient (Wildman–Crippen LogP) is 2.02. The fraction of sp³-hybridized carbons (Fsp3) is 0.222. The molecule has 0 bridgehead atoms. The lowest BCUT2D eigenvalue weighted by molar-refractivity contribution is 0.466. The van der Waals surface area contributed by atoms with E-state index >= 15 is 0 Å². The topological polar surface area (TPSA) is 49.8 Å². The van der Waals surface area contributed by atoms with Gasteiger partial charge < -0.3 is 5.73 Å². The summed E-state index contributed by atoms with van der Waals surface area (Å²) >= 11 is 0. The van der Waals surface area contributed by atoms with Gasteiger partial charge in [0.15, 0.2) is 11.6 Å². The molecule has 0 amide bonds. The zero-order valence-electron chi connectivity index (χ0n) is 7.10. The molecule has 1 rings (SSSR count). The van der Waals surface area contributed by atoms with Gasteiger partial charge in [0.2, 0.25) is 0 Å². The summed E-state index contributed by atoms with van der Waals surface area (Å²) in [5, 5.41) is 8.28. The van der Waals surface area contributed by atoms with Crippen molar-refractivity contribution in [2.45, 2.75) is 12.5 Å². The zero-order valence-corrected chi connectivity index (χ0v) is 7.10. The van der Waals surface area contributed by atoms with Crippen molar-refractivity contribution < 1.29 is 13.2 Å². The van der Waals surface area contributed by atoms with Crippen molar-refractivity contribution in [2.75, 3.05) is 0 Å². The highest BCUT2D eigenvalue weighted by atomic mass is 19.2. The van der Waals surface area contributed by atoms with E-state index in [9.17, 15) is 13.2 Å². The normalized spacial score (nSPS) is 12.2. The van der Waals surface area contributed by atoms with E-state index in [1.54, 1.807) is 6.07 Å². The highest BCUT2D eigenvalue weighted by Crippen LogP contribution is 2.22. The summed E-state index contributed by atoms with van der Waals surface area (Å²) in [5.41, 5.74) is 4.73. The Kier molecular flexibility index (Phi) is 3.10. The molecule has 2 N–H and O–H groups in total. The average Bonchev–Trinajstić information content (AvgIpc) is 2.13. The Morgan fingerprint density at radius 3 is 2.43 bits per heavy atom. The van der Waals surface area contributed by atoms with Crippen molar-refractivity contribution >= 4 is 0 Å². The molecule has 1 atom stereocenters. The molecule has 74 valence electrons. The number of benzene rings is 1. The summed E-state index contributed by atoms with van der Waals surface area (Å²) in [7, 11) is 0. The van der Waals surface area contributed by atoms with Crippen LogP contribution in [0, 0.1) is 28.8 Å². The lowest BCUT2D eigenvalue weighted by atomic mass is 10.0. The quantitative estimate of drug-likeness (QED) is 0.742. The summed E-state index contributed by atoms with van der Waals surface area (Å²) in [6.07, 6.45) is -0.267. The number of nitriles is 1. The molecule has 0 heterocycles. The van der Waals surface area contributed by atoms with E-state index in [1.807, 2.05) is 0 Å². The highest BCUT2D eigenvalue weighted by Gasteiger charge is 2.19. The number of hydrogen-bond acceptors (Lipinski definition) is 2. The van der Waals surface area contributed by atoms with Gasteiger partial charge in [-0.1, -0.05) is 0 Å². The van der Waals surface area contributed by atoms with Gasteiger partial charge in [-0.15, -0.1) is 0 Å². The third kappa shape index (κ3) is 1.86. The van der Waals surface area contributed by atoms with E-state index in [0.29, 0.717) is 6.07 Å². The molecule has 1 aromatic rings. The van der Waals surface area contributed by atoms with Crippen LogP contribution >= 0.6 is 0 Å². The molecule has 0 fully saturated rings. The molecule has 0 saturated carbocycles. The molecular weight excluding hydrogens is 193 g/mol. The van der Waals surface area contributed by atoms with E-state index in [0.717, 1.165) is 6.07 Å². The lowest BCUT2D eigenvalue weighted by Gasteiger charge is -2.10. The Bertz CT molecular complexity index is 384. The van der Waals surface area contributed by atoms with Gasteiger partial charge in [-0.05, 0) is 12.1 Å². The second-order valence-electron chi connectivity index (χ2n) is 2.73. The monoisotopic (exact) mass is 200 g/mol. The van der Waals surface area contributed by atoms with Gasteiger partial charge >= 0.3 is 0 Å². The van der Waals surface area contributed by atoms with Crippen molar-refractivity contribution in [3.63, 3.8) is 0 Å². The van der Waals surface area contributed by atoms with Crippen LogP contribution in [0.1, 0.15) is 18.0 Å². The summed E-state index contributed by atoms with van der Waals surface area (Å²) in [6.45, 7) is 0. The van der Waals surface area contributed by atoms with Crippen molar-refractivity contribution in [1.82, 2.24) is 0 Å². The van der Waals surface area contributed by atoms with Crippen LogP contribution in [0.3, 0.4) is 0 Å². The van der Waals surface area contributed by atoms with E-state index in [-0.39, 0.29) is 6.42 Å². The fourth-order valence-electron chi connectivity index (χ4n) is 1.08. The fourth-order valence-corrected chi connectivity index (χ4v) is 1.08. The van der Waals surface area contributed by atoms with Crippen LogP contribution in [0.2, 0.25) is 0 Å². The van der Waals surface area contributed by atoms with Crippen LogP contribution in [0.5, 0.6) is 0 Å².